The highest BCUT2D eigenvalue weighted by Gasteiger charge is 2.35. The fourth-order valence-corrected chi connectivity index (χ4v) is 2.01. The first-order valence-electron chi connectivity index (χ1n) is 6.15. The van der Waals surface area contributed by atoms with Crippen molar-refractivity contribution >= 4 is 11.9 Å². The first kappa shape index (κ1) is 12.1. The van der Waals surface area contributed by atoms with Crippen molar-refractivity contribution in [3.8, 4) is 0 Å². The van der Waals surface area contributed by atoms with Gasteiger partial charge < -0.3 is 4.74 Å². The molecule has 1 amide bonds. The maximum Gasteiger partial charge on any atom is 0.419 e. The third-order valence-corrected chi connectivity index (χ3v) is 3.02. The van der Waals surface area contributed by atoms with Crippen LogP contribution in [0.25, 0.3) is 0 Å². The van der Waals surface area contributed by atoms with Gasteiger partial charge in [-0.15, -0.1) is 0 Å². The molecule has 2 aliphatic rings. The first-order valence-corrected chi connectivity index (χ1v) is 6.15. The van der Waals surface area contributed by atoms with Crippen LogP contribution in [-0.2, 0) is 4.74 Å². The molecule has 2 rings (SSSR count). The van der Waals surface area contributed by atoms with Crippen LogP contribution < -0.4 is 0 Å². The monoisotopic (exact) mass is 236 g/mol. The van der Waals surface area contributed by atoms with Crippen molar-refractivity contribution in [1.29, 1.82) is 5.41 Å². The molecule has 1 N–H and O–H groups in total. The highest BCUT2D eigenvalue weighted by atomic mass is 16.6. The number of ether oxygens (including phenoxy) is 1. The van der Waals surface area contributed by atoms with Gasteiger partial charge >= 0.3 is 6.09 Å². The number of amidine groups is 1. The van der Waals surface area contributed by atoms with Gasteiger partial charge in [-0.05, 0) is 45.4 Å². The molecule has 4 heteroatoms. The fourth-order valence-electron chi connectivity index (χ4n) is 2.01. The number of nitrogens with zero attached hydrogens (tertiary/aromatic N) is 1. The fraction of sp³-hybridized carbons (Fsp3) is 0.692. The van der Waals surface area contributed by atoms with Crippen molar-refractivity contribution in [2.24, 2.45) is 11.8 Å². The summed E-state index contributed by atoms with van der Waals surface area (Å²) >= 11 is 0. The Kier molecular flexibility index (Phi) is 2.98. The maximum absolute atomic E-state index is 11.8. The van der Waals surface area contributed by atoms with E-state index in [4.69, 9.17) is 10.1 Å². The SMILES string of the molecule is CC(C)(C)OC(=O)N1C=CC(C2CC2)CC1=N. The van der Waals surface area contributed by atoms with Gasteiger partial charge in [-0.1, -0.05) is 6.08 Å². The van der Waals surface area contributed by atoms with Gasteiger partial charge in [-0.3, -0.25) is 5.41 Å². The van der Waals surface area contributed by atoms with E-state index in [-0.39, 0.29) is 0 Å². The summed E-state index contributed by atoms with van der Waals surface area (Å²) in [6.45, 7) is 5.49. The van der Waals surface area contributed by atoms with Gasteiger partial charge in [-0.2, -0.15) is 0 Å². The molecule has 0 spiro atoms. The predicted octanol–water partition coefficient (Wildman–Crippen LogP) is 3.14. The summed E-state index contributed by atoms with van der Waals surface area (Å²) in [5.74, 6) is 1.52. The molecule has 0 aromatic carbocycles. The topological polar surface area (TPSA) is 53.4 Å². The second-order valence-electron chi connectivity index (χ2n) is 5.84. The summed E-state index contributed by atoms with van der Waals surface area (Å²) in [5.41, 5.74) is -0.515. The number of nitrogens with one attached hydrogen (secondary N) is 1. The van der Waals surface area contributed by atoms with Crippen LogP contribution in [0.3, 0.4) is 0 Å². The molecule has 17 heavy (non-hydrogen) atoms. The van der Waals surface area contributed by atoms with E-state index in [1.165, 1.54) is 17.7 Å². The molecule has 0 bridgehead atoms. The average Bonchev–Trinajstić information content (AvgIpc) is 2.97. The largest absolute Gasteiger partial charge is 0.443 e. The summed E-state index contributed by atoms with van der Waals surface area (Å²) in [6.07, 6.45) is 6.46. The minimum atomic E-state index is -0.515. The molecule has 1 saturated carbocycles. The highest BCUT2D eigenvalue weighted by Crippen LogP contribution is 2.40. The molecule has 1 heterocycles. The normalized spacial score (nSPS) is 25.0. The Labute approximate surface area is 102 Å². The van der Waals surface area contributed by atoms with Gasteiger partial charge in [0.2, 0.25) is 0 Å². The number of hydrogen-bond acceptors (Lipinski definition) is 3. The second kappa shape index (κ2) is 4.17. The number of carbonyl (C=O) groups excluding carboxylic acids is 1. The van der Waals surface area contributed by atoms with Crippen molar-refractivity contribution < 1.29 is 9.53 Å². The van der Waals surface area contributed by atoms with Gasteiger partial charge in [0.15, 0.2) is 0 Å². The van der Waals surface area contributed by atoms with Crippen LogP contribution in [0.1, 0.15) is 40.0 Å². The Morgan fingerprint density at radius 3 is 2.59 bits per heavy atom. The third-order valence-electron chi connectivity index (χ3n) is 3.02. The molecule has 1 atom stereocenters. The van der Waals surface area contributed by atoms with Gasteiger partial charge in [0.05, 0.1) is 0 Å². The van der Waals surface area contributed by atoms with E-state index in [1.54, 1.807) is 6.20 Å². The Morgan fingerprint density at radius 2 is 2.12 bits per heavy atom. The smallest absolute Gasteiger partial charge is 0.419 e. The molecule has 4 nitrogen and oxygen atoms in total. The minimum Gasteiger partial charge on any atom is -0.443 e. The zero-order chi connectivity index (χ0) is 12.6. The van der Waals surface area contributed by atoms with Crippen molar-refractivity contribution in [3.63, 3.8) is 0 Å². The molecule has 0 saturated heterocycles. The second-order valence-corrected chi connectivity index (χ2v) is 5.84. The predicted molar refractivity (Wildman–Crippen MR) is 65.8 cm³/mol. The number of carbonyl (C=O) groups is 1. The summed E-state index contributed by atoms with van der Waals surface area (Å²) < 4.78 is 5.25. The Morgan fingerprint density at radius 1 is 1.47 bits per heavy atom. The van der Waals surface area contributed by atoms with Crippen LogP contribution >= 0.6 is 0 Å². The first-order chi connectivity index (χ1) is 7.87. The molecular weight excluding hydrogens is 216 g/mol. The zero-order valence-corrected chi connectivity index (χ0v) is 10.7. The Balaban J connectivity index is 1.99. The van der Waals surface area contributed by atoms with E-state index in [2.05, 4.69) is 0 Å². The lowest BCUT2D eigenvalue weighted by molar-refractivity contribution is 0.0417. The van der Waals surface area contributed by atoms with Crippen LogP contribution in [0, 0.1) is 17.2 Å². The summed E-state index contributed by atoms with van der Waals surface area (Å²) in [6, 6.07) is 0. The van der Waals surface area contributed by atoms with Crippen LogP contribution in [0.15, 0.2) is 12.3 Å². The molecular formula is C13H20N2O2. The summed E-state index contributed by atoms with van der Waals surface area (Å²) in [7, 11) is 0. The van der Waals surface area contributed by atoms with E-state index in [9.17, 15) is 4.79 Å². The average molecular weight is 236 g/mol. The van der Waals surface area contributed by atoms with E-state index < -0.39 is 11.7 Å². The summed E-state index contributed by atoms with van der Waals surface area (Å²) in [5, 5.41) is 7.91. The van der Waals surface area contributed by atoms with Crippen molar-refractivity contribution in [1.82, 2.24) is 4.90 Å². The van der Waals surface area contributed by atoms with Crippen molar-refractivity contribution in [3.05, 3.63) is 12.3 Å². The third kappa shape index (κ3) is 3.08. The van der Waals surface area contributed by atoms with E-state index in [0.717, 1.165) is 5.92 Å². The van der Waals surface area contributed by atoms with Gasteiger partial charge in [0, 0.05) is 12.6 Å². The summed E-state index contributed by atoms with van der Waals surface area (Å²) in [4.78, 5) is 13.1. The number of allylic oxidation sites excluding steroid dienone is 1. The molecule has 94 valence electrons. The lowest BCUT2D eigenvalue weighted by Crippen LogP contribution is -2.39. The quantitative estimate of drug-likeness (QED) is 0.760. The lowest BCUT2D eigenvalue weighted by atomic mass is 9.96. The maximum atomic E-state index is 11.8. The molecule has 0 radical (unpaired) electrons. The zero-order valence-electron chi connectivity index (χ0n) is 10.7. The van der Waals surface area contributed by atoms with E-state index in [1.807, 2.05) is 26.8 Å². The lowest BCUT2D eigenvalue weighted by Gasteiger charge is -2.29. The van der Waals surface area contributed by atoms with E-state index in [0.29, 0.717) is 18.2 Å². The van der Waals surface area contributed by atoms with E-state index >= 15 is 0 Å². The van der Waals surface area contributed by atoms with Gasteiger partial charge in [-0.25, -0.2) is 9.69 Å². The van der Waals surface area contributed by atoms with Crippen molar-refractivity contribution in [2.75, 3.05) is 0 Å². The van der Waals surface area contributed by atoms with Crippen LogP contribution in [0.2, 0.25) is 0 Å². The van der Waals surface area contributed by atoms with Crippen LogP contribution in [0.4, 0.5) is 4.79 Å². The molecule has 0 aromatic heterocycles. The van der Waals surface area contributed by atoms with Crippen LogP contribution in [0.5, 0.6) is 0 Å². The van der Waals surface area contributed by atoms with Crippen molar-refractivity contribution in [2.45, 2.75) is 45.6 Å². The molecule has 1 fully saturated rings. The molecule has 0 aromatic rings. The van der Waals surface area contributed by atoms with Gasteiger partial charge in [0.1, 0.15) is 11.4 Å². The highest BCUT2D eigenvalue weighted by molar-refractivity contribution is 5.95. The Bertz CT molecular complexity index is 364. The number of hydrogen-bond donors (Lipinski definition) is 1. The van der Waals surface area contributed by atoms with Gasteiger partial charge in [0.25, 0.3) is 0 Å². The molecule has 1 aliphatic heterocycles. The minimum absolute atomic E-state index is 0.346. The number of rotatable bonds is 1. The van der Waals surface area contributed by atoms with Crippen LogP contribution in [-0.4, -0.2) is 22.4 Å². The number of amides is 1. The molecule has 1 unspecified atom stereocenters. The Hall–Kier alpha value is -1.32. The standard InChI is InChI=1S/C13H20N2O2/c1-13(2,3)17-12(16)15-7-6-10(8-11(15)14)9-4-5-9/h6-7,9-10,14H,4-5,8H2,1-3H3. The molecule has 1 aliphatic carbocycles.